The number of nitrogens with one attached hydrogen (secondary N) is 1. The number of likely N-dealkylation sites (N-methyl/N-ethyl adjacent to an activating group) is 1. The summed E-state index contributed by atoms with van der Waals surface area (Å²) in [6, 6.07) is 0. The highest BCUT2D eigenvalue weighted by molar-refractivity contribution is 7.47. The van der Waals surface area contributed by atoms with E-state index in [1.807, 2.05) is 0 Å². The first-order chi connectivity index (χ1) is 29.3. The standard InChI is InChI=1S/C50H82NO8P/c1-4-6-8-10-12-14-16-18-20-22-24-26-28-30-32-34-36-38-40-42-49(52)56-46-48(47-58-60(54,55)57-45-44-51-3)59-50(53)43-41-39-37-35-33-31-29-27-25-23-21-19-17-15-13-11-9-7-5-2/h6,8,12-15,18-21,24-27,30-33,48,51H,4-5,7,9-11,16-17,22-23,28-29,34-47H2,1-3H3,(H,54,55)/b8-6-,14-12-,15-13-,20-18-,21-19-,26-24-,27-25-,32-30-,33-31-. The van der Waals surface area contributed by atoms with Crippen molar-refractivity contribution < 1.29 is 37.6 Å². The highest BCUT2D eigenvalue weighted by Gasteiger charge is 2.26. The number of hydrogen-bond donors (Lipinski definition) is 2. The molecule has 0 rings (SSSR count). The average molecular weight is 856 g/mol. The molecule has 0 heterocycles. The van der Waals surface area contributed by atoms with Crippen molar-refractivity contribution in [1.29, 1.82) is 0 Å². The SMILES string of the molecule is CC/C=C\C/C=C\C/C=C\C/C=C\C/C=C\CCCCCC(=O)OCC(COP(=O)(O)OCCNC)OC(=O)CCCCC/C=C\C/C=C\C/C=C\C/C=C\CCCCC. The lowest BCUT2D eigenvalue weighted by molar-refractivity contribution is -0.161. The number of carbonyl (C=O) groups excluding carboxylic acids is 2. The molecule has 0 aromatic carbocycles. The number of phosphoric ester groups is 1. The number of esters is 2. The fourth-order valence-corrected chi connectivity index (χ4v) is 6.19. The van der Waals surface area contributed by atoms with Crippen LogP contribution in [0.3, 0.4) is 0 Å². The number of carbonyl (C=O) groups is 2. The molecular weight excluding hydrogens is 774 g/mol. The first-order valence-corrected chi connectivity index (χ1v) is 24.3. The third-order valence-corrected chi connectivity index (χ3v) is 9.86. The van der Waals surface area contributed by atoms with Gasteiger partial charge in [-0.25, -0.2) is 4.57 Å². The zero-order valence-corrected chi connectivity index (χ0v) is 38.5. The van der Waals surface area contributed by atoms with Crippen molar-refractivity contribution >= 4 is 19.8 Å². The van der Waals surface area contributed by atoms with Crippen LogP contribution < -0.4 is 5.32 Å². The van der Waals surface area contributed by atoms with Gasteiger partial charge in [0.2, 0.25) is 0 Å². The van der Waals surface area contributed by atoms with Crippen molar-refractivity contribution in [3.8, 4) is 0 Å². The summed E-state index contributed by atoms with van der Waals surface area (Å²) in [7, 11) is -2.69. The quantitative estimate of drug-likeness (QED) is 0.0268. The summed E-state index contributed by atoms with van der Waals surface area (Å²) in [6.07, 6.45) is 58.5. The summed E-state index contributed by atoms with van der Waals surface area (Å²) in [5.41, 5.74) is 0. The molecule has 0 aromatic heterocycles. The first-order valence-electron chi connectivity index (χ1n) is 22.8. The van der Waals surface area contributed by atoms with Gasteiger partial charge in [-0.3, -0.25) is 18.6 Å². The Balaban J connectivity index is 4.36. The lowest BCUT2D eigenvalue weighted by Crippen LogP contribution is -2.29. The normalized spacial score (nSPS) is 14.3. The monoisotopic (exact) mass is 856 g/mol. The van der Waals surface area contributed by atoms with Crippen LogP contribution in [-0.4, -0.2) is 56.3 Å². The van der Waals surface area contributed by atoms with Crippen LogP contribution >= 0.6 is 7.82 Å². The van der Waals surface area contributed by atoms with Gasteiger partial charge in [-0.05, 0) is 110 Å². The zero-order chi connectivity index (χ0) is 43.9. The Kier molecular flexibility index (Phi) is 42.7. The van der Waals surface area contributed by atoms with E-state index >= 15 is 0 Å². The Bertz CT molecular complexity index is 1340. The molecule has 0 spiro atoms. The van der Waals surface area contributed by atoms with Crippen molar-refractivity contribution in [2.24, 2.45) is 0 Å². The number of allylic oxidation sites excluding steroid dienone is 18. The number of hydrogen-bond acceptors (Lipinski definition) is 8. The van der Waals surface area contributed by atoms with E-state index in [-0.39, 0.29) is 26.1 Å². The topological polar surface area (TPSA) is 120 Å². The summed E-state index contributed by atoms with van der Waals surface area (Å²) in [5.74, 6) is -0.892. The Morgan fingerprint density at radius 3 is 1.38 bits per heavy atom. The molecule has 340 valence electrons. The predicted molar refractivity (Wildman–Crippen MR) is 252 cm³/mol. The van der Waals surface area contributed by atoms with E-state index in [4.69, 9.17) is 18.5 Å². The summed E-state index contributed by atoms with van der Waals surface area (Å²) in [4.78, 5) is 35.1. The first kappa shape index (κ1) is 56.7. The van der Waals surface area contributed by atoms with Gasteiger partial charge >= 0.3 is 19.8 Å². The van der Waals surface area contributed by atoms with Gasteiger partial charge < -0.3 is 19.7 Å². The lowest BCUT2D eigenvalue weighted by atomic mass is 10.1. The molecule has 0 saturated heterocycles. The minimum Gasteiger partial charge on any atom is -0.462 e. The maximum Gasteiger partial charge on any atom is 0.472 e. The van der Waals surface area contributed by atoms with Gasteiger partial charge in [-0.2, -0.15) is 0 Å². The largest absolute Gasteiger partial charge is 0.472 e. The van der Waals surface area contributed by atoms with Crippen LogP contribution in [0.4, 0.5) is 0 Å². The number of rotatable bonds is 41. The lowest BCUT2D eigenvalue weighted by Gasteiger charge is -2.20. The third-order valence-electron chi connectivity index (χ3n) is 8.88. The molecule has 0 aliphatic carbocycles. The molecule has 9 nitrogen and oxygen atoms in total. The van der Waals surface area contributed by atoms with Gasteiger partial charge in [0.15, 0.2) is 6.10 Å². The van der Waals surface area contributed by atoms with Crippen molar-refractivity contribution in [3.63, 3.8) is 0 Å². The van der Waals surface area contributed by atoms with Crippen LogP contribution in [0.2, 0.25) is 0 Å². The van der Waals surface area contributed by atoms with Gasteiger partial charge in [-0.15, -0.1) is 0 Å². The Hall–Kier alpha value is -3.33. The van der Waals surface area contributed by atoms with Crippen molar-refractivity contribution in [2.75, 3.05) is 33.4 Å². The molecule has 0 saturated carbocycles. The second-order valence-electron chi connectivity index (χ2n) is 14.5. The molecule has 0 amide bonds. The second-order valence-corrected chi connectivity index (χ2v) is 15.9. The molecular formula is C50H82NO8P. The third kappa shape index (κ3) is 44.2. The fraction of sp³-hybridized carbons (Fsp3) is 0.600. The minimum atomic E-state index is -4.38. The molecule has 60 heavy (non-hydrogen) atoms. The van der Waals surface area contributed by atoms with Gasteiger partial charge in [0.1, 0.15) is 6.61 Å². The molecule has 0 bridgehead atoms. The zero-order valence-electron chi connectivity index (χ0n) is 37.6. The molecule has 0 aliphatic rings. The van der Waals surface area contributed by atoms with Crippen LogP contribution in [0.15, 0.2) is 109 Å². The van der Waals surface area contributed by atoms with Crippen LogP contribution in [0.1, 0.15) is 155 Å². The molecule has 0 fully saturated rings. The van der Waals surface area contributed by atoms with Gasteiger partial charge in [0.25, 0.3) is 0 Å². The van der Waals surface area contributed by atoms with Gasteiger partial charge in [-0.1, -0.05) is 149 Å². The van der Waals surface area contributed by atoms with Crippen LogP contribution in [0, 0.1) is 0 Å². The van der Waals surface area contributed by atoms with Crippen LogP contribution in [0.5, 0.6) is 0 Å². The predicted octanol–water partition coefficient (Wildman–Crippen LogP) is 13.4. The van der Waals surface area contributed by atoms with Gasteiger partial charge in [0.05, 0.1) is 13.2 Å². The summed E-state index contributed by atoms with van der Waals surface area (Å²) in [5, 5.41) is 2.82. The molecule has 2 N–H and O–H groups in total. The Morgan fingerprint density at radius 1 is 0.533 bits per heavy atom. The van der Waals surface area contributed by atoms with E-state index in [0.29, 0.717) is 19.4 Å². The average Bonchev–Trinajstić information content (AvgIpc) is 3.23. The Labute approximate surface area is 365 Å². The Morgan fingerprint density at radius 2 is 0.950 bits per heavy atom. The molecule has 0 aliphatic heterocycles. The maximum absolute atomic E-state index is 12.6. The number of phosphoric acid groups is 1. The number of unbranched alkanes of at least 4 members (excludes halogenated alkanes) is 9. The fourth-order valence-electron chi connectivity index (χ4n) is 5.44. The van der Waals surface area contributed by atoms with Crippen molar-refractivity contribution in [1.82, 2.24) is 5.32 Å². The van der Waals surface area contributed by atoms with E-state index in [9.17, 15) is 19.0 Å². The summed E-state index contributed by atoms with van der Waals surface area (Å²) < 4.78 is 33.2. The van der Waals surface area contributed by atoms with E-state index in [1.165, 1.54) is 25.7 Å². The molecule has 0 radical (unpaired) electrons. The maximum atomic E-state index is 12.6. The summed E-state index contributed by atoms with van der Waals surface area (Å²) in [6.45, 7) is 3.98. The van der Waals surface area contributed by atoms with E-state index in [2.05, 4.69) is 129 Å². The van der Waals surface area contributed by atoms with Crippen molar-refractivity contribution in [2.45, 2.75) is 161 Å². The van der Waals surface area contributed by atoms with E-state index < -0.39 is 32.5 Å². The van der Waals surface area contributed by atoms with E-state index in [0.717, 1.165) is 89.9 Å². The highest BCUT2D eigenvalue weighted by atomic mass is 31.2. The number of ether oxygens (including phenoxy) is 2. The van der Waals surface area contributed by atoms with Gasteiger partial charge in [0, 0.05) is 19.4 Å². The van der Waals surface area contributed by atoms with Crippen LogP contribution in [0.25, 0.3) is 0 Å². The van der Waals surface area contributed by atoms with E-state index in [1.54, 1.807) is 7.05 Å². The van der Waals surface area contributed by atoms with Crippen molar-refractivity contribution in [3.05, 3.63) is 109 Å². The van der Waals surface area contributed by atoms with Crippen LogP contribution in [-0.2, 0) is 32.7 Å². The molecule has 2 unspecified atom stereocenters. The highest BCUT2D eigenvalue weighted by Crippen LogP contribution is 2.43. The minimum absolute atomic E-state index is 0.0359. The smallest absolute Gasteiger partial charge is 0.462 e. The second kappa shape index (κ2) is 45.2. The molecule has 10 heteroatoms. The summed E-state index contributed by atoms with van der Waals surface area (Å²) >= 11 is 0. The molecule has 0 aromatic rings. The molecule has 2 atom stereocenters.